The first-order valence-corrected chi connectivity index (χ1v) is 6.78. The Morgan fingerprint density at radius 3 is 2.53 bits per heavy atom. The van der Waals surface area contributed by atoms with Crippen LogP contribution in [0.1, 0.15) is 37.3 Å². The molecule has 1 fully saturated rings. The summed E-state index contributed by atoms with van der Waals surface area (Å²) in [7, 11) is 0. The molecule has 2 N–H and O–H groups in total. The smallest absolute Gasteiger partial charge is 0.0233 e. The van der Waals surface area contributed by atoms with Gasteiger partial charge in [-0.2, -0.15) is 0 Å². The Bertz CT molecular complexity index is 331. The zero-order valence-corrected chi connectivity index (χ0v) is 10.9. The SMILES string of the molecule is CC1CCCN(Cc2ccc(CN)cc2)CC1. The summed E-state index contributed by atoms with van der Waals surface area (Å²) in [5.41, 5.74) is 8.24. The van der Waals surface area contributed by atoms with Crippen molar-refractivity contribution in [1.82, 2.24) is 4.90 Å². The Kier molecular flexibility index (Phi) is 4.57. The number of hydrogen-bond acceptors (Lipinski definition) is 2. The van der Waals surface area contributed by atoms with Crippen molar-refractivity contribution in [2.24, 2.45) is 11.7 Å². The average Bonchev–Trinajstić information content (AvgIpc) is 2.56. The van der Waals surface area contributed by atoms with E-state index in [1.807, 2.05) is 0 Å². The molecule has 1 heterocycles. The predicted octanol–water partition coefficient (Wildman–Crippen LogP) is 2.77. The largest absolute Gasteiger partial charge is 0.326 e. The summed E-state index contributed by atoms with van der Waals surface area (Å²) < 4.78 is 0. The van der Waals surface area contributed by atoms with Crippen molar-refractivity contribution in [2.75, 3.05) is 13.1 Å². The van der Waals surface area contributed by atoms with Gasteiger partial charge in [-0.25, -0.2) is 0 Å². The van der Waals surface area contributed by atoms with Crippen LogP contribution in [0.25, 0.3) is 0 Å². The molecule has 0 saturated carbocycles. The van der Waals surface area contributed by atoms with Gasteiger partial charge in [0, 0.05) is 13.1 Å². The number of nitrogens with zero attached hydrogens (tertiary/aromatic N) is 1. The fraction of sp³-hybridized carbons (Fsp3) is 0.600. The average molecular weight is 232 g/mol. The highest BCUT2D eigenvalue weighted by Crippen LogP contribution is 2.18. The highest BCUT2D eigenvalue weighted by Gasteiger charge is 2.13. The van der Waals surface area contributed by atoms with Gasteiger partial charge in [-0.1, -0.05) is 31.2 Å². The van der Waals surface area contributed by atoms with Gasteiger partial charge >= 0.3 is 0 Å². The van der Waals surface area contributed by atoms with Crippen LogP contribution in [0, 0.1) is 5.92 Å². The van der Waals surface area contributed by atoms with E-state index in [0.717, 1.165) is 12.5 Å². The third kappa shape index (κ3) is 3.83. The van der Waals surface area contributed by atoms with Crippen molar-refractivity contribution < 1.29 is 0 Å². The Hall–Kier alpha value is -0.860. The number of hydrogen-bond donors (Lipinski definition) is 1. The summed E-state index contributed by atoms with van der Waals surface area (Å²) in [5.74, 6) is 0.902. The van der Waals surface area contributed by atoms with Gasteiger partial charge in [-0.3, -0.25) is 4.90 Å². The van der Waals surface area contributed by atoms with Crippen molar-refractivity contribution in [3.05, 3.63) is 35.4 Å². The Balaban J connectivity index is 1.90. The van der Waals surface area contributed by atoms with Crippen molar-refractivity contribution >= 4 is 0 Å². The fourth-order valence-electron chi connectivity index (χ4n) is 2.52. The monoisotopic (exact) mass is 232 g/mol. The van der Waals surface area contributed by atoms with Crippen LogP contribution in [0.5, 0.6) is 0 Å². The molecule has 1 aromatic carbocycles. The van der Waals surface area contributed by atoms with E-state index in [4.69, 9.17) is 5.73 Å². The van der Waals surface area contributed by atoms with E-state index in [0.29, 0.717) is 6.54 Å². The molecule has 1 aliphatic heterocycles. The topological polar surface area (TPSA) is 29.3 Å². The van der Waals surface area contributed by atoms with Crippen LogP contribution in [0.2, 0.25) is 0 Å². The molecule has 94 valence electrons. The molecule has 0 aromatic heterocycles. The minimum Gasteiger partial charge on any atom is -0.326 e. The van der Waals surface area contributed by atoms with Crippen molar-refractivity contribution in [3.63, 3.8) is 0 Å². The lowest BCUT2D eigenvalue weighted by molar-refractivity contribution is 0.273. The second-order valence-corrected chi connectivity index (χ2v) is 5.33. The highest BCUT2D eigenvalue weighted by molar-refractivity contribution is 5.22. The number of nitrogens with two attached hydrogens (primary N) is 1. The summed E-state index contributed by atoms with van der Waals surface area (Å²) in [6.07, 6.45) is 4.09. The number of rotatable bonds is 3. The summed E-state index contributed by atoms with van der Waals surface area (Å²) in [6.45, 7) is 6.61. The van der Waals surface area contributed by atoms with Crippen molar-refractivity contribution in [2.45, 2.75) is 39.3 Å². The van der Waals surface area contributed by atoms with Gasteiger partial charge in [-0.15, -0.1) is 0 Å². The van der Waals surface area contributed by atoms with Crippen LogP contribution in [-0.2, 0) is 13.1 Å². The second kappa shape index (κ2) is 6.18. The summed E-state index contributed by atoms with van der Waals surface area (Å²) in [4.78, 5) is 2.58. The zero-order valence-electron chi connectivity index (χ0n) is 10.9. The molecule has 0 radical (unpaired) electrons. The Morgan fingerprint density at radius 2 is 1.82 bits per heavy atom. The fourth-order valence-corrected chi connectivity index (χ4v) is 2.52. The number of benzene rings is 1. The van der Waals surface area contributed by atoms with E-state index >= 15 is 0 Å². The minimum atomic E-state index is 0.640. The van der Waals surface area contributed by atoms with E-state index in [1.165, 1.54) is 43.5 Å². The van der Waals surface area contributed by atoms with Crippen LogP contribution in [0.15, 0.2) is 24.3 Å². The van der Waals surface area contributed by atoms with Crippen molar-refractivity contribution in [1.29, 1.82) is 0 Å². The maximum atomic E-state index is 5.61. The maximum absolute atomic E-state index is 5.61. The zero-order chi connectivity index (χ0) is 12.1. The molecule has 1 unspecified atom stereocenters. The molecule has 2 heteroatoms. The molecule has 0 amide bonds. The van der Waals surface area contributed by atoms with Gasteiger partial charge < -0.3 is 5.73 Å². The first-order chi connectivity index (χ1) is 8.28. The van der Waals surface area contributed by atoms with Gasteiger partial charge in [0.25, 0.3) is 0 Å². The quantitative estimate of drug-likeness (QED) is 0.868. The van der Waals surface area contributed by atoms with Crippen LogP contribution in [-0.4, -0.2) is 18.0 Å². The molecule has 1 aliphatic rings. The lowest BCUT2D eigenvalue weighted by Gasteiger charge is -2.20. The second-order valence-electron chi connectivity index (χ2n) is 5.33. The van der Waals surface area contributed by atoms with Crippen LogP contribution in [0.4, 0.5) is 0 Å². The summed E-state index contributed by atoms with van der Waals surface area (Å²) in [5, 5.41) is 0. The Labute approximate surface area is 105 Å². The van der Waals surface area contributed by atoms with E-state index in [-0.39, 0.29) is 0 Å². The van der Waals surface area contributed by atoms with Crippen LogP contribution < -0.4 is 5.73 Å². The van der Waals surface area contributed by atoms with Crippen molar-refractivity contribution in [3.8, 4) is 0 Å². The molecule has 1 atom stereocenters. The minimum absolute atomic E-state index is 0.640. The van der Waals surface area contributed by atoms with Crippen LogP contribution in [0.3, 0.4) is 0 Å². The molecule has 1 aromatic rings. The molecular formula is C15H24N2. The first-order valence-electron chi connectivity index (χ1n) is 6.78. The molecule has 0 bridgehead atoms. The third-order valence-corrected chi connectivity index (χ3v) is 3.77. The van der Waals surface area contributed by atoms with Gasteiger partial charge in [0.1, 0.15) is 0 Å². The standard InChI is InChI=1S/C15H24N2/c1-13-3-2-9-17(10-8-13)12-15-6-4-14(11-16)5-7-15/h4-7,13H,2-3,8-12,16H2,1H3. The van der Waals surface area contributed by atoms with Gasteiger partial charge in [0.05, 0.1) is 0 Å². The van der Waals surface area contributed by atoms with Gasteiger partial charge in [0.15, 0.2) is 0 Å². The van der Waals surface area contributed by atoms with E-state index in [1.54, 1.807) is 0 Å². The van der Waals surface area contributed by atoms with E-state index < -0.39 is 0 Å². The molecule has 1 saturated heterocycles. The lowest BCUT2D eigenvalue weighted by atomic mass is 10.0. The molecule has 0 aliphatic carbocycles. The first kappa shape index (κ1) is 12.6. The highest BCUT2D eigenvalue weighted by atomic mass is 15.1. The summed E-state index contributed by atoms with van der Waals surface area (Å²) in [6, 6.07) is 8.73. The Morgan fingerprint density at radius 1 is 1.12 bits per heavy atom. The molecule has 0 spiro atoms. The molecule has 17 heavy (non-hydrogen) atoms. The maximum Gasteiger partial charge on any atom is 0.0233 e. The normalized spacial score (nSPS) is 22.4. The molecule has 2 rings (SSSR count). The van der Waals surface area contributed by atoms with Gasteiger partial charge in [-0.05, 0) is 49.4 Å². The lowest BCUT2D eigenvalue weighted by Crippen LogP contribution is -2.24. The third-order valence-electron chi connectivity index (χ3n) is 3.77. The molecular weight excluding hydrogens is 208 g/mol. The van der Waals surface area contributed by atoms with E-state index in [9.17, 15) is 0 Å². The number of likely N-dealkylation sites (tertiary alicyclic amines) is 1. The molecule has 2 nitrogen and oxygen atoms in total. The summed E-state index contributed by atoms with van der Waals surface area (Å²) >= 11 is 0. The van der Waals surface area contributed by atoms with Gasteiger partial charge in [0.2, 0.25) is 0 Å². The predicted molar refractivity (Wildman–Crippen MR) is 72.6 cm³/mol. The van der Waals surface area contributed by atoms with E-state index in [2.05, 4.69) is 36.1 Å². The van der Waals surface area contributed by atoms with Crippen LogP contribution >= 0.6 is 0 Å².